The molecule has 2 rings (SSSR count). The molecule has 2 aromatic rings. The minimum atomic E-state index is -0.537. The Balaban J connectivity index is 2.22. The molecule has 0 heterocycles. The number of ether oxygens (including phenoxy) is 1. The first kappa shape index (κ1) is 14.3. The second-order valence-corrected chi connectivity index (χ2v) is 6.05. The van der Waals surface area contributed by atoms with Gasteiger partial charge in [0.15, 0.2) is 0 Å². The minimum absolute atomic E-state index is 0.215. The van der Waals surface area contributed by atoms with Gasteiger partial charge in [0.1, 0.15) is 5.82 Å². The zero-order valence-corrected chi connectivity index (χ0v) is 13.0. The van der Waals surface area contributed by atoms with E-state index in [1.807, 2.05) is 24.3 Å². The van der Waals surface area contributed by atoms with E-state index < -0.39 is 11.8 Å². The van der Waals surface area contributed by atoms with E-state index in [9.17, 15) is 9.18 Å². The first-order chi connectivity index (χ1) is 9.10. The van der Waals surface area contributed by atoms with Crippen LogP contribution >= 0.6 is 34.4 Å². The molecule has 0 aliphatic carbocycles. The Labute approximate surface area is 128 Å². The molecule has 0 unspecified atom stereocenters. The molecule has 0 saturated carbocycles. The predicted molar refractivity (Wildman–Crippen MR) is 81.0 cm³/mol. The maximum atomic E-state index is 13.9. The van der Waals surface area contributed by atoms with Crippen LogP contribution in [0, 0.1) is 9.39 Å². The van der Waals surface area contributed by atoms with Gasteiger partial charge in [-0.3, -0.25) is 0 Å². The van der Waals surface area contributed by atoms with Crippen LogP contribution in [0.4, 0.5) is 4.39 Å². The molecule has 5 heteroatoms. The van der Waals surface area contributed by atoms with Gasteiger partial charge in [-0.1, -0.05) is 11.8 Å². The summed E-state index contributed by atoms with van der Waals surface area (Å²) in [5.74, 6) is -0.962. The van der Waals surface area contributed by atoms with Gasteiger partial charge in [0.25, 0.3) is 0 Å². The lowest BCUT2D eigenvalue weighted by Gasteiger charge is -2.05. The van der Waals surface area contributed by atoms with Crippen LogP contribution in [-0.2, 0) is 4.74 Å². The highest BCUT2D eigenvalue weighted by Crippen LogP contribution is 2.30. The van der Waals surface area contributed by atoms with Crippen molar-refractivity contribution >= 4 is 40.3 Å². The highest BCUT2D eigenvalue weighted by Gasteiger charge is 2.10. The molecule has 2 nitrogen and oxygen atoms in total. The van der Waals surface area contributed by atoms with Crippen molar-refractivity contribution in [3.8, 4) is 0 Å². The van der Waals surface area contributed by atoms with Crippen LogP contribution in [0.5, 0.6) is 0 Å². The van der Waals surface area contributed by atoms with Crippen molar-refractivity contribution in [2.45, 2.75) is 9.79 Å². The summed E-state index contributed by atoms with van der Waals surface area (Å²) < 4.78 is 19.6. The zero-order valence-electron chi connectivity index (χ0n) is 10.0. The Hall–Kier alpha value is -1.08. The number of halogens is 2. The monoisotopic (exact) mass is 388 g/mol. The molecular formula is C14H10FIO2S. The fourth-order valence-electron chi connectivity index (χ4n) is 1.46. The maximum absolute atomic E-state index is 13.9. The standard InChI is InChI=1S/C14H10FIO2S/c1-18-14(17)9-2-7-13(12(15)8-9)19-11-5-3-10(16)4-6-11/h2-8H,1H3. The Kier molecular flexibility index (Phi) is 4.81. The van der Waals surface area contributed by atoms with Crippen molar-refractivity contribution in [1.29, 1.82) is 0 Å². The van der Waals surface area contributed by atoms with Crippen LogP contribution in [0.3, 0.4) is 0 Å². The van der Waals surface area contributed by atoms with Crippen LogP contribution in [-0.4, -0.2) is 13.1 Å². The molecule has 19 heavy (non-hydrogen) atoms. The average Bonchev–Trinajstić information content (AvgIpc) is 2.42. The van der Waals surface area contributed by atoms with Crippen molar-refractivity contribution in [1.82, 2.24) is 0 Å². The van der Waals surface area contributed by atoms with E-state index in [-0.39, 0.29) is 5.56 Å². The Morgan fingerprint density at radius 1 is 1.21 bits per heavy atom. The summed E-state index contributed by atoms with van der Waals surface area (Å²) in [5, 5.41) is 0. The van der Waals surface area contributed by atoms with E-state index in [1.165, 1.54) is 24.9 Å². The predicted octanol–water partition coefficient (Wildman–Crippen LogP) is 4.37. The lowest BCUT2D eigenvalue weighted by molar-refractivity contribution is 0.0600. The first-order valence-corrected chi connectivity index (χ1v) is 7.31. The van der Waals surface area contributed by atoms with Gasteiger partial charge in [-0.05, 0) is 65.1 Å². The summed E-state index contributed by atoms with van der Waals surface area (Å²) >= 11 is 3.54. The Bertz CT molecular complexity index is 599. The molecule has 0 N–H and O–H groups in total. The molecule has 0 atom stereocenters. The number of methoxy groups -OCH3 is 1. The van der Waals surface area contributed by atoms with Crippen LogP contribution in [0.1, 0.15) is 10.4 Å². The summed E-state index contributed by atoms with van der Waals surface area (Å²) in [6.07, 6.45) is 0. The molecule has 98 valence electrons. The number of esters is 1. The fraction of sp³-hybridized carbons (Fsp3) is 0.0714. The highest BCUT2D eigenvalue weighted by atomic mass is 127. The summed E-state index contributed by atoms with van der Waals surface area (Å²) in [7, 11) is 1.27. The van der Waals surface area contributed by atoms with Gasteiger partial charge in [0.2, 0.25) is 0 Å². The van der Waals surface area contributed by atoms with Gasteiger partial charge in [0.05, 0.1) is 12.7 Å². The lowest BCUT2D eigenvalue weighted by Crippen LogP contribution is -2.01. The molecule has 0 saturated heterocycles. The molecule has 2 aromatic carbocycles. The number of hydrogen-bond donors (Lipinski definition) is 0. The van der Waals surface area contributed by atoms with Gasteiger partial charge in [-0.15, -0.1) is 0 Å². The molecule has 0 bridgehead atoms. The molecule has 0 fully saturated rings. The lowest BCUT2D eigenvalue weighted by atomic mass is 10.2. The molecule has 0 aliphatic rings. The third-order valence-corrected chi connectivity index (χ3v) is 4.17. The molecule has 0 radical (unpaired) electrons. The Morgan fingerprint density at radius 2 is 1.89 bits per heavy atom. The van der Waals surface area contributed by atoms with E-state index in [1.54, 1.807) is 12.1 Å². The third-order valence-electron chi connectivity index (χ3n) is 2.39. The van der Waals surface area contributed by atoms with Gasteiger partial charge in [0, 0.05) is 13.4 Å². The number of rotatable bonds is 3. The fourth-order valence-corrected chi connectivity index (χ4v) is 2.64. The summed E-state index contributed by atoms with van der Waals surface area (Å²) in [6.45, 7) is 0. The van der Waals surface area contributed by atoms with Crippen molar-refractivity contribution < 1.29 is 13.9 Å². The number of hydrogen-bond acceptors (Lipinski definition) is 3. The largest absolute Gasteiger partial charge is 0.465 e. The molecular weight excluding hydrogens is 378 g/mol. The molecule has 0 spiro atoms. The van der Waals surface area contributed by atoms with Crippen LogP contribution in [0.2, 0.25) is 0 Å². The first-order valence-electron chi connectivity index (χ1n) is 5.41. The second kappa shape index (κ2) is 6.38. The average molecular weight is 388 g/mol. The van der Waals surface area contributed by atoms with Crippen LogP contribution < -0.4 is 0 Å². The van der Waals surface area contributed by atoms with Crippen molar-refractivity contribution in [2.24, 2.45) is 0 Å². The van der Waals surface area contributed by atoms with E-state index in [0.29, 0.717) is 4.90 Å². The number of carbonyl (C=O) groups is 1. The minimum Gasteiger partial charge on any atom is -0.465 e. The SMILES string of the molecule is COC(=O)c1ccc(Sc2ccc(I)cc2)c(F)c1. The normalized spacial score (nSPS) is 10.3. The molecule has 0 aromatic heterocycles. The second-order valence-electron chi connectivity index (χ2n) is 3.69. The summed E-state index contributed by atoms with van der Waals surface area (Å²) in [4.78, 5) is 12.7. The van der Waals surface area contributed by atoms with Crippen molar-refractivity contribution in [3.63, 3.8) is 0 Å². The maximum Gasteiger partial charge on any atom is 0.337 e. The van der Waals surface area contributed by atoms with Crippen LogP contribution in [0.25, 0.3) is 0 Å². The van der Waals surface area contributed by atoms with Crippen molar-refractivity contribution in [3.05, 3.63) is 57.4 Å². The van der Waals surface area contributed by atoms with Gasteiger partial charge in [-0.2, -0.15) is 0 Å². The highest BCUT2D eigenvalue weighted by molar-refractivity contribution is 14.1. The Morgan fingerprint density at radius 3 is 2.47 bits per heavy atom. The van der Waals surface area contributed by atoms with Crippen molar-refractivity contribution in [2.75, 3.05) is 7.11 Å². The zero-order chi connectivity index (χ0) is 13.8. The number of benzene rings is 2. The topological polar surface area (TPSA) is 26.3 Å². The van der Waals surface area contributed by atoms with Gasteiger partial charge in [-0.25, -0.2) is 9.18 Å². The molecule has 0 amide bonds. The van der Waals surface area contributed by atoms with E-state index in [2.05, 4.69) is 27.3 Å². The van der Waals surface area contributed by atoms with E-state index >= 15 is 0 Å². The van der Waals surface area contributed by atoms with E-state index in [0.717, 1.165) is 8.47 Å². The molecule has 0 aliphatic heterocycles. The van der Waals surface area contributed by atoms with E-state index in [4.69, 9.17) is 0 Å². The van der Waals surface area contributed by atoms with Crippen LogP contribution in [0.15, 0.2) is 52.3 Å². The summed E-state index contributed by atoms with van der Waals surface area (Å²) in [5.41, 5.74) is 0.215. The quantitative estimate of drug-likeness (QED) is 0.577. The summed E-state index contributed by atoms with van der Waals surface area (Å²) in [6, 6.07) is 12.1. The van der Waals surface area contributed by atoms with Gasteiger partial charge < -0.3 is 4.74 Å². The smallest absolute Gasteiger partial charge is 0.337 e. The third kappa shape index (κ3) is 3.70. The van der Waals surface area contributed by atoms with Gasteiger partial charge >= 0.3 is 5.97 Å². The number of carbonyl (C=O) groups excluding carboxylic acids is 1.